The lowest BCUT2D eigenvalue weighted by atomic mass is 9.94. The van der Waals surface area contributed by atoms with E-state index < -0.39 is 0 Å². The molecule has 1 aromatic carbocycles. The molecule has 1 saturated heterocycles. The van der Waals surface area contributed by atoms with Crippen molar-refractivity contribution in [2.75, 3.05) is 34.2 Å². The normalized spacial score (nSPS) is 19.0. The summed E-state index contributed by atoms with van der Waals surface area (Å²) in [5.74, 6) is 0.208. The minimum absolute atomic E-state index is 0.208. The van der Waals surface area contributed by atoms with Gasteiger partial charge in [-0.25, -0.2) is 0 Å². The molecular formula is C17H27N3O. The van der Waals surface area contributed by atoms with Gasteiger partial charge < -0.3 is 15.1 Å². The molecular weight excluding hydrogens is 262 g/mol. The Kier molecular flexibility index (Phi) is 5.76. The topological polar surface area (TPSA) is 35.6 Å². The maximum Gasteiger partial charge on any atom is 0.237 e. The van der Waals surface area contributed by atoms with Crippen molar-refractivity contribution in [3.8, 4) is 0 Å². The minimum atomic E-state index is 0.208. The van der Waals surface area contributed by atoms with Crippen molar-refractivity contribution in [2.24, 2.45) is 0 Å². The highest BCUT2D eigenvalue weighted by Gasteiger charge is 2.27. The van der Waals surface area contributed by atoms with E-state index in [1.54, 1.807) is 0 Å². The number of nitrogens with zero attached hydrogens (tertiary/aromatic N) is 2. The zero-order valence-electron chi connectivity index (χ0n) is 13.4. The van der Waals surface area contributed by atoms with Crippen LogP contribution in [0.5, 0.6) is 0 Å². The van der Waals surface area contributed by atoms with Crippen molar-refractivity contribution in [1.29, 1.82) is 0 Å². The van der Waals surface area contributed by atoms with Gasteiger partial charge in [0.2, 0.25) is 5.91 Å². The molecule has 1 fully saturated rings. The molecule has 1 aliphatic rings. The second-order valence-electron chi connectivity index (χ2n) is 6.11. The molecule has 1 aliphatic heterocycles. The molecule has 0 aliphatic carbocycles. The van der Waals surface area contributed by atoms with Crippen LogP contribution in [0.2, 0.25) is 0 Å². The Labute approximate surface area is 128 Å². The van der Waals surface area contributed by atoms with Gasteiger partial charge in [-0.3, -0.25) is 4.79 Å². The molecule has 4 heteroatoms. The van der Waals surface area contributed by atoms with Crippen molar-refractivity contribution in [1.82, 2.24) is 15.1 Å². The van der Waals surface area contributed by atoms with E-state index in [4.69, 9.17) is 0 Å². The van der Waals surface area contributed by atoms with E-state index in [1.807, 2.05) is 11.9 Å². The van der Waals surface area contributed by atoms with Gasteiger partial charge in [-0.1, -0.05) is 24.3 Å². The summed E-state index contributed by atoms with van der Waals surface area (Å²) < 4.78 is 0. The van der Waals surface area contributed by atoms with Gasteiger partial charge in [-0.05, 0) is 51.5 Å². The zero-order valence-corrected chi connectivity index (χ0v) is 13.4. The summed E-state index contributed by atoms with van der Waals surface area (Å²) in [5.41, 5.74) is 2.58. The highest BCUT2D eigenvalue weighted by molar-refractivity contribution is 5.78. The molecule has 0 bridgehead atoms. The fraction of sp³-hybridized carbons (Fsp3) is 0.588. The summed E-state index contributed by atoms with van der Waals surface area (Å²) in [6.45, 7) is 2.26. The number of hydrogen-bond acceptors (Lipinski definition) is 3. The fourth-order valence-corrected chi connectivity index (χ4v) is 3.04. The summed E-state index contributed by atoms with van der Waals surface area (Å²) in [6.07, 6.45) is 3.39. The van der Waals surface area contributed by atoms with Crippen LogP contribution in [0.4, 0.5) is 0 Å². The van der Waals surface area contributed by atoms with Crippen molar-refractivity contribution < 1.29 is 4.79 Å². The molecule has 1 N–H and O–H groups in total. The number of benzene rings is 1. The molecule has 0 unspecified atom stereocenters. The highest BCUT2D eigenvalue weighted by Crippen LogP contribution is 2.31. The first-order chi connectivity index (χ1) is 10.1. The van der Waals surface area contributed by atoms with Crippen molar-refractivity contribution in [3.05, 3.63) is 35.4 Å². The Bertz CT molecular complexity index is 456. The second-order valence-corrected chi connectivity index (χ2v) is 6.11. The van der Waals surface area contributed by atoms with Crippen molar-refractivity contribution in [2.45, 2.75) is 31.8 Å². The number of amides is 1. The molecule has 0 spiro atoms. The van der Waals surface area contributed by atoms with E-state index in [1.165, 1.54) is 17.5 Å². The van der Waals surface area contributed by atoms with Crippen molar-refractivity contribution >= 4 is 5.91 Å². The van der Waals surface area contributed by atoms with Crippen LogP contribution in [0, 0.1) is 0 Å². The van der Waals surface area contributed by atoms with Gasteiger partial charge in [-0.2, -0.15) is 0 Å². The molecule has 0 aromatic heterocycles. The quantitative estimate of drug-likeness (QED) is 0.901. The van der Waals surface area contributed by atoms with Crippen LogP contribution < -0.4 is 5.32 Å². The predicted octanol–water partition coefficient (Wildman–Crippen LogP) is 2.02. The molecule has 1 atom stereocenters. The van der Waals surface area contributed by atoms with Gasteiger partial charge in [0.15, 0.2) is 0 Å². The molecule has 1 heterocycles. The molecule has 4 nitrogen and oxygen atoms in total. The Morgan fingerprint density at radius 3 is 2.62 bits per heavy atom. The maximum absolute atomic E-state index is 12.3. The number of hydrogen-bond donors (Lipinski definition) is 1. The van der Waals surface area contributed by atoms with E-state index in [-0.39, 0.29) is 11.9 Å². The number of piperidine rings is 1. The standard InChI is InChI=1S/C17H27N3O/c1-18-12-17(21)20-11-5-4-6-16(20)15-9-7-14(8-10-15)13-19(2)3/h7-10,16,18H,4-6,11-13H2,1-3H3/t16-/m1/s1. The molecule has 1 aromatic rings. The number of rotatable bonds is 5. The third kappa shape index (κ3) is 4.29. The number of likely N-dealkylation sites (N-methyl/N-ethyl adjacent to an activating group) is 1. The smallest absolute Gasteiger partial charge is 0.237 e. The summed E-state index contributed by atoms with van der Waals surface area (Å²) in [7, 11) is 5.98. The first kappa shape index (κ1) is 16.0. The molecule has 0 saturated carbocycles. The van der Waals surface area contributed by atoms with E-state index in [2.05, 4.69) is 48.6 Å². The van der Waals surface area contributed by atoms with Gasteiger partial charge in [-0.15, -0.1) is 0 Å². The predicted molar refractivity (Wildman–Crippen MR) is 86.1 cm³/mol. The number of carbonyl (C=O) groups excluding carboxylic acids is 1. The van der Waals surface area contributed by atoms with E-state index in [0.717, 1.165) is 25.9 Å². The van der Waals surface area contributed by atoms with Crippen LogP contribution >= 0.6 is 0 Å². The lowest BCUT2D eigenvalue weighted by Gasteiger charge is -2.36. The van der Waals surface area contributed by atoms with E-state index >= 15 is 0 Å². The van der Waals surface area contributed by atoms with Gasteiger partial charge in [0.1, 0.15) is 0 Å². The Hall–Kier alpha value is -1.39. The second kappa shape index (κ2) is 7.57. The summed E-state index contributed by atoms with van der Waals surface area (Å²) in [6, 6.07) is 8.99. The third-order valence-corrected chi connectivity index (χ3v) is 4.01. The molecule has 1 amide bonds. The molecule has 21 heavy (non-hydrogen) atoms. The van der Waals surface area contributed by atoms with Crippen LogP contribution in [0.15, 0.2) is 24.3 Å². The van der Waals surface area contributed by atoms with Gasteiger partial charge in [0.05, 0.1) is 12.6 Å². The molecule has 2 rings (SSSR count). The van der Waals surface area contributed by atoms with Crippen LogP contribution in [-0.4, -0.2) is 49.9 Å². The molecule has 116 valence electrons. The van der Waals surface area contributed by atoms with Crippen LogP contribution in [0.3, 0.4) is 0 Å². The first-order valence-corrected chi connectivity index (χ1v) is 7.79. The number of nitrogens with one attached hydrogen (secondary N) is 1. The van der Waals surface area contributed by atoms with E-state index in [0.29, 0.717) is 6.54 Å². The average Bonchev–Trinajstić information content (AvgIpc) is 2.48. The lowest BCUT2D eigenvalue weighted by molar-refractivity contribution is -0.134. The van der Waals surface area contributed by atoms with Crippen LogP contribution in [-0.2, 0) is 11.3 Å². The van der Waals surface area contributed by atoms with Crippen molar-refractivity contribution in [3.63, 3.8) is 0 Å². The average molecular weight is 289 g/mol. The van der Waals surface area contributed by atoms with Gasteiger partial charge in [0, 0.05) is 13.1 Å². The van der Waals surface area contributed by atoms with Crippen LogP contribution in [0.1, 0.15) is 36.4 Å². The summed E-state index contributed by atoms with van der Waals surface area (Å²) in [5, 5.41) is 2.97. The molecule has 0 radical (unpaired) electrons. The Morgan fingerprint density at radius 1 is 1.29 bits per heavy atom. The lowest BCUT2D eigenvalue weighted by Crippen LogP contribution is -2.42. The summed E-state index contributed by atoms with van der Waals surface area (Å²) in [4.78, 5) is 16.5. The number of carbonyl (C=O) groups is 1. The zero-order chi connectivity index (χ0) is 15.2. The minimum Gasteiger partial charge on any atom is -0.335 e. The SMILES string of the molecule is CNCC(=O)N1CCCC[C@@H]1c1ccc(CN(C)C)cc1. The summed E-state index contributed by atoms with van der Waals surface area (Å²) >= 11 is 0. The number of likely N-dealkylation sites (tertiary alicyclic amines) is 1. The van der Waals surface area contributed by atoms with Gasteiger partial charge >= 0.3 is 0 Å². The van der Waals surface area contributed by atoms with Gasteiger partial charge in [0.25, 0.3) is 0 Å². The maximum atomic E-state index is 12.3. The fourth-order valence-electron chi connectivity index (χ4n) is 3.04. The highest BCUT2D eigenvalue weighted by atomic mass is 16.2. The third-order valence-electron chi connectivity index (χ3n) is 4.01. The Balaban J connectivity index is 2.11. The first-order valence-electron chi connectivity index (χ1n) is 7.79. The van der Waals surface area contributed by atoms with E-state index in [9.17, 15) is 4.79 Å². The largest absolute Gasteiger partial charge is 0.335 e. The van der Waals surface area contributed by atoms with Crippen LogP contribution in [0.25, 0.3) is 0 Å². The Morgan fingerprint density at radius 2 is 2.00 bits per heavy atom. The monoisotopic (exact) mass is 289 g/mol.